The molecule has 0 bridgehead atoms. The number of aromatic nitrogens is 1. The summed E-state index contributed by atoms with van der Waals surface area (Å²) in [5.41, 5.74) is 3.28. The van der Waals surface area contributed by atoms with E-state index in [9.17, 15) is 9.59 Å². The molecule has 3 aromatic rings. The van der Waals surface area contributed by atoms with Crippen LogP contribution in [0.4, 0.5) is 0 Å². The van der Waals surface area contributed by atoms with Gasteiger partial charge in [0.15, 0.2) is 0 Å². The second kappa shape index (κ2) is 10.5. The van der Waals surface area contributed by atoms with E-state index in [1.165, 1.54) is 0 Å². The lowest BCUT2D eigenvalue weighted by Gasteiger charge is -2.08. The van der Waals surface area contributed by atoms with Crippen LogP contribution < -0.4 is 10.1 Å². The van der Waals surface area contributed by atoms with Crippen molar-refractivity contribution in [3.63, 3.8) is 0 Å². The molecule has 0 saturated heterocycles. The maximum absolute atomic E-state index is 13.3. The molecule has 1 aromatic heterocycles. The molecule has 1 N–H and O–H groups in total. The highest BCUT2D eigenvalue weighted by atomic mass is 35.5. The lowest BCUT2D eigenvalue weighted by molar-refractivity contribution is -0.121. The van der Waals surface area contributed by atoms with Gasteiger partial charge in [0.05, 0.1) is 12.6 Å². The van der Waals surface area contributed by atoms with E-state index in [2.05, 4.69) is 12.2 Å². The second-order valence-corrected chi connectivity index (χ2v) is 8.09. The van der Waals surface area contributed by atoms with Crippen LogP contribution in [0.2, 0.25) is 5.02 Å². The highest BCUT2D eigenvalue weighted by Gasteiger charge is 2.20. The first kappa shape index (κ1) is 22.9. The Morgan fingerprint density at radius 3 is 2.52 bits per heavy atom. The van der Waals surface area contributed by atoms with E-state index in [0.717, 1.165) is 47.2 Å². The number of nitrogens with one attached hydrogen (secondary N) is 1. The average molecular weight is 441 g/mol. The first-order valence-electron chi connectivity index (χ1n) is 10.7. The number of fused-ring (bicyclic) bond motifs is 1. The number of carbonyl (C=O) groups is 2. The molecular formula is C25H29ClN2O3. The van der Waals surface area contributed by atoms with E-state index < -0.39 is 0 Å². The van der Waals surface area contributed by atoms with Crippen molar-refractivity contribution >= 4 is 34.3 Å². The third-order valence-electron chi connectivity index (χ3n) is 5.54. The van der Waals surface area contributed by atoms with E-state index in [4.69, 9.17) is 16.3 Å². The van der Waals surface area contributed by atoms with Crippen LogP contribution >= 0.6 is 11.6 Å². The first-order valence-corrected chi connectivity index (χ1v) is 11.1. The van der Waals surface area contributed by atoms with Gasteiger partial charge in [-0.2, -0.15) is 0 Å². The first-order chi connectivity index (χ1) is 15.0. The number of hydrogen-bond acceptors (Lipinski definition) is 3. The third-order valence-corrected chi connectivity index (χ3v) is 5.79. The maximum atomic E-state index is 13.3. The Bertz CT molecular complexity index is 1070. The summed E-state index contributed by atoms with van der Waals surface area (Å²) in [5.74, 6) is 0.692. The summed E-state index contributed by atoms with van der Waals surface area (Å²) in [6.45, 7) is 4.59. The number of methoxy groups -OCH3 is 1. The fourth-order valence-corrected chi connectivity index (χ4v) is 3.97. The lowest BCUT2D eigenvalue weighted by atomic mass is 10.1. The summed E-state index contributed by atoms with van der Waals surface area (Å²) < 4.78 is 7.14. The maximum Gasteiger partial charge on any atom is 0.262 e. The van der Waals surface area contributed by atoms with Crippen molar-refractivity contribution in [3.8, 4) is 5.75 Å². The average Bonchev–Trinajstić information content (AvgIpc) is 3.04. The van der Waals surface area contributed by atoms with Crippen LogP contribution in [0, 0.1) is 6.92 Å². The predicted octanol–water partition coefficient (Wildman–Crippen LogP) is 5.54. The molecule has 31 heavy (non-hydrogen) atoms. The minimum atomic E-state index is -0.112. The molecule has 0 aliphatic heterocycles. The van der Waals surface area contributed by atoms with Gasteiger partial charge in [0.25, 0.3) is 5.91 Å². The number of amides is 1. The van der Waals surface area contributed by atoms with E-state index >= 15 is 0 Å². The molecule has 0 aliphatic carbocycles. The van der Waals surface area contributed by atoms with Gasteiger partial charge in [-0.05, 0) is 67.8 Å². The van der Waals surface area contributed by atoms with Gasteiger partial charge in [0.2, 0.25) is 5.91 Å². The molecule has 164 valence electrons. The summed E-state index contributed by atoms with van der Waals surface area (Å²) in [7, 11) is 1.63. The van der Waals surface area contributed by atoms with Gasteiger partial charge in [-0.3, -0.25) is 14.2 Å². The quantitative estimate of drug-likeness (QED) is 0.444. The molecule has 0 radical (unpaired) electrons. The largest absolute Gasteiger partial charge is 0.497 e. The molecular weight excluding hydrogens is 412 g/mol. The van der Waals surface area contributed by atoms with Gasteiger partial charge in [0, 0.05) is 34.6 Å². The van der Waals surface area contributed by atoms with Crippen molar-refractivity contribution in [1.29, 1.82) is 0 Å². The van der Waals surface area contributed by atoms with Crippen LogP contribution in [-0.4, -0.2) is 30.0 Å². The summed E-state index contributed by atoms with van der Waals surface area (Å²) in [6, 6.07) is 12.6. The Morgan fingerprint density at radius 2 is 1.84 bits per heavy atom. The molecule has 1 amide bonds. The highest BCUT2D eigenvalue weighted by molar-refractivity contribution is 6.30. The second-order valence-electron chi connectivity index (χ2n) is 7.65. The zero-order valence-electron chi connectivity index (χ0n) is 18.3. The molecule has 0 saturated carbocycles. The molecule has 0 unspecified atom stereocenters. The monoisotopic (exact) mass is 440 g/mol. The zero-order valence-corrected chi connectivity index (χ0v) is 19.1. The normalized spacial score (nSPS) is 11.0. The molecule has 0 spiro atoms. The van der Waals surface area contributed by atoms with E-state index in [1.807, 2.05) is 25.1 Å². The van der Waals surface area contributed by atoms with Crippen LogP contribution in [0.5, 0.6) is 5.75 Å². The molecule has 6 heteroatoms. The van der Waals surface area contributed by atoms with Crippen LogP contribution in [0.25, 0.3) is 10.9 Å². The van der Waals surface area contributed by atoms with Crippen LogP contribution in [0.3, 0.4) is 0 Å². The number of ether oxygens (including phenoxy) is 1. The van der Waals surface area contributed by atoms with Gasteiger partial charge < -0.3 is 10.1 Å². The van der Waals surface area contributed by atoms with Gasteiger partial charge >= 0.3 is 0 Å². The van der Waals surface area contributed by atoms with E-state index in [-0.39, 0.29) is 11.8 Å². The van der Waals surface area contributed by atoms with Gasteiger partial charge in [0.1, 0.15) is 5.75 Å². The smallest absolute Gasteiger partial charge is 0.262 e. The number of benzene rings is 2. The number of carbonyl (C=O) groups excluding carboxylic acids is 2. The minimum Gasteiger partial charge on any atom is -0.497 e. The molecule has 0 fully saturated rings. The van der Waals surface area contributed by atoms with Crippen molar-refractivity contribution < 1.29 is 14.3 Å². The van der Waals surface area contributed by atoms with Crippen LogP contribution in [0.15, 0.2) is 42.5 Å². The fraction of sp³-hybridized carbons (Fsp3) is 0.360. The molecule has 2 aromatic carbocycles. The Morgan fingerprint density at radius 1 is 1.10 bits per heavy atom. The number of unbranched alkanes of at least 4 members (excludes halogenated alkanes) is 2. The van der Waals surface area contributed by atoms with E-state index in [0.29, 0.717) is 30.0 Å². The standard InChI is InChI=1S/C25H29ClN2O3/c1-4-5-6-7-24(29)27-15-14-21-17(2)28(23-13-12-20(31-3)16-22(21)23)25(30)18-8-10-19(26)11-9-18/h8-13,16H,4-7,14-15H2,1-3H3,(H,27,29). The molecule has 0 aliphatic rings. The summed E-state index contributed by atoms with van der Waals surface area (Å²) in [4.78, 5) is 25.4. The zero-order chi connectivity index (χ0) is 22.4. The number of halogens is 1. The fourth-order valence-electron chi connectivity index (χ4n) is 3.84. The van der Waals surface area contributed by atoms with E-state index in [1.54, 1.807) is 35.9 Å². The van der Waals surface area contributed by atoms with Gasteiger partial charge in [-0.15, -0.1) is 0 Å². The van der Waals surface area contributed by atoms with Gasteiger partial charge in [-0.25, -0.2) is 0 Å². The van der Waals surface area contributed by atoms with Crippen molar-refractivity contribution in [2.75, 3.05) is 13.7 Å². The summed E-state index contributed by atoms with van der Waals surface area (Å²) in [5, 5.41) is 4.55. The Labute approximate surface area is 188 Å². The van der Waals surface area contributed by atoms with Crippen LogP contribution in [0.1, 0.15) is 54.2 Å². The van der Waals surface area contributed by atoms with Crippen molar-refractivity contribution in [3.05, 3.63) is 64.3 Å². The lowest BCUT2D eigenvalue weighted by Crippen LogP contribution is -2.25. The molecule has 0 atom stereocenters. The molecule has 1 heterocycles. The van der Waals surface area contributed by atoms with Crippen molar-refractivity contribution in [2.45, 2.75) is 46.0 Å². The van der Waals surface area contributed by atoms with Crippen molar-refractivity contribution in [2.24, 2.45) is 0 Å². The Balaban J connectivity index is 1.90. The number of hydrogen-bond donors (Lipinski definition) is 1. The van der Waals surface area contributed by atoms with Crippen molar-refractivity contribution in [1.82, 2.24) is 9.88 Å². The summed E-state index contributed by atoms with van der Waals surface area (Å²) >= 11 is 5.98. The third kappa shape index (κ3) is 5.28. The number of nitrogens with zero attached hydrogens (tertiary/aromatic N) is 1. The molecule has 3 rings (SSSR count). The minimum absolute atomic E-state index is 0.0738. The molecule has 5 nitrogen and oxygen atoms in total. The van der Waals surface area contributed by atoms with Gasteiger partial charge in [-0.1, -0.05) is 31.4 Å². The highest BCUT2D eigenvalue weighted by Crippen LogP contribution is 2.30. The predicted molar refractivity (Wildman–Crippen MR) is 125 cm³/mol. The van der Waals surface area contributed by atoms with Crippen LogP contribution in [-0.2, 0) is 11.2 Å². The Kier molecular flexibility index (Phi) is 7.75. The topological polar surface area (TPSA) is 60.3 Å². The Hall–Kier alpha value is -2.79. The number of rotatable bonds is 9. The SMILES string of the molecule is CCCCCC(=O)NCCc1c(C)n(C(=O)c2ccc(Cl)cc2)c2ccc(OC)cc12. The summed E-state index contributed by atoms with van der Waals surface area (Å²) in [6.07, 6.45) is 4.25.